The molecule has 0 bridgehead atoms. The van der Waals surface area contributed by atoms with E-state index in [0.717, 1.165) is 17.7 Å². The summed E-state index contributed by atoms with van der Waals surface area (Å²) in [7, 11) is 0. The summed E-state index contributed by atoms with van der Waals surface area (Å²) in [6.07, 6.45) is -0.178. The van der Waals surface area contributed by atoms with Crippen LogP contribution < -0.4 is 5.32 Å². The van der Waals surface area contributed by atoms with Crippen molar-refractivity contribution in [3.05, 3.63) is 101 Å². The third-order valence-corrected chi connectivity index (χ3v) is 5.06. The second-order valence-electron chi connectivity index (χ2n) is 7.03. The zero-order chi connectivity index (χ0) is 21.3. The molecule has 0 saturated carbocycles. The first kappa shape index (κ1) is 19.7. The molecule has 30 heavy (non-hydrogen) atoms. The van der Waals surface area contributed by atoms with E-state index in [-0.39, 0.29) is 18.0 Å². The van der Waals surface area contributed by atoms with Gasteiger partial charge >= 0.3 is 0 Å². The number of amides is 2. The SMILES string of the molecule is O=C(C[C@@H](c1ccc(F)cc1)N1Cc2ccccc2C1=O)Nc1ccc(F)cc1F. The Morgan fingerprint density at radius 2 is 1.67 bits per heavy atom. The topological polar surface area (TPSA) is 49.4 Å². The maximum absolute atomic E-state index is 13.9. The van der Waals surface area contributed by atoms with Gasteiger partial charge < -0.3 is 10.2 Å². The molecule has 2 amide bonds. The standard InChI is InChI=1S/C23H17F3N2O2/c24-16-7-5-14(6-8-16)21(28-13-15-3-1-2-4-18(15)23(28)30)12-22(29)27-20-10-9-17(25)11-19(20)26/h1-11,21H,12-13H2,(H,27,29)/t21-/m0/s1. The Morgan fingerprint density at radius 1 is 0.967 bits per heavy atom. The highest BCUT2D eigenvalue weighted by Gasteiger charge is 2.34. The quantitative estimate of drug-likeness (QED) is 0.655. The fourth-order valence-corrected chi connectivity index (χ4v) is 3.59. The second kappa shape index (κ2) is 8.02. The van der Waals surface area contributed by atoms with Crippen LogP contribution in [0.4, 0.5) is 18.9 Å². The van der Waals surface area contributed by atoms with Crippen LogP contribution in [0, 0.1) is 17.5 Å². The predicted molar refractivity (Wildman–Crippen MR) is 105 cm³/mol. The number of hydrogen-bond acceptors (Lipinski definition) is 2. The van der Waals surface area contributed by atoms with E-state index in [1.165, 1.54) is 24.3 Å². The van der Waals surface area contributed by atoms with Crippen molar-refractivity contribution in [1.29, 1.82) is 0 Å². The van der Waals surface area contributed by atoms with E-state index in [2.05, 4.69) is 5.32 Å². The molecule has 0 aromatic heterocycles. The number of fused-ring (bicyclic) bond motifs is 1. The molecule has 1 heterocycles. The van der Waals surface area contributed by atoms with E-state index >= 15 is 0 Å². The van der Waals surface area contributed by atoms with Gasteiger partial charge in [0.1, 0.15) is 17.5 Å². The number of nitrogens with zero attached hydrogens (tertiary/aromatic N) is 1. The Morgan fingerprint density at radius 3 is 2.37 bits per heavy atom. The molecule has 0 unspecified atom stereocenters. The lowest BCUT2D eigenvalue weighted by atomic mass is 10.0. The van der Waals surface area contributed by atoms with Crippen LogP contribution in [0.15, 0.2) is 66.7 Å². The number of carbonyl (C=O) groups excluding carboxylic acids is 2. The predicted octanol–water partition coefficient (Wildman–Crippen LogP) is 4.83. The van der Waals surface area contributed by atoms with Gasteiger partial charge in [0.2, 0.25) is 5.91 Å². The normalized spacial score (nSPS) is 13.8. The zero-order valence-electron chi connectivity index (χ0n) is 15.7. The van der Waals surface area contributed by atoms with Gasteiger partial charge in [-0.15, -0.1) is 0 Å². The van der Waals surface area contributed by atoms with Crippen LogP contribution in [0.25, 0.3) is 0 Å². The van der Waals surface area contributed by atoms with Gasteiger partial charge in [-0.05, 0) is 41.5 Å². The van der Waals surface area contributed by atoms with Crippen LogP contribution in [-0.2, 0) is 11.3 Å². The average Bonchev–Trinajstić information content (AvgIpc) is 3.06. The van der Waals surface area contributed by atoms with E-state index < -0.39 is 29.4 Å². The Kier molecular flexibility index (Phi) is 5.27. The molecule has 3 aromatic rings. The van der Waals surface area contributed by atoms with Gasteiger partial charge in [-0.1, -0.05) is 30.3 Å². The Hall–Kier alpha value is -3.61. The van der Waals surface area contributed by atoms with Gasteiger partial charge in [0.15, 0.2) is 0 Å². The minimum atomic E-state index is -0.897. The molecule has 1 aliphatic rings. The van der Waals surface area contributed by atoms with E-state index in [1.54, 1.807) is 17.0 Å². The summed E-state index contributed by atoms with van der Waals surface area (Å²) >= 11 is 0. The van der Waals surface area contributed by atoms with Gasteiger partial charge in [0, 0.05) is 18.2 Å². The maximum Gasteiger partial charge on any atom is 0.255 e. The van der Waals surface area contributed by atoms with Crippen molar-refractivity contribution in [3.63, 3.8) is 0 Å². The lowest BCUT2D eigenvalue weighted by Gasteiger charge is -2.28. The fourth-order valence-electron chi connectivity index (χ4n) is 3.59. The Labute approximate surface area is 170 Å². The minimum absolute atomic E-state index is 0.157. The van der Waals surface area contributed by atoms with Crippen molar-refractivity contribution in [3.8, 4) is 0 Å². The summed E-state index contributed by atoms with van der Waals surface area (Å²) in [6, 6.07) is 14.8. The fraction of sp³-hybridized carbons (Fsp3) is 0.130. The van der Waals surface area contributed by atoms with Gasteiger partial charge in [-0.3, -0.25) is 9.59 Å². The maximum atomic E-state index is 13.9. The van der Waals surface area contributed by atoms with Crippen molar-refractivity contribution < 1.29 is 22.8 Å². The number of anilines is 1. The van der Waals surface area contributed by atoms with E-state index in [4.69, 9.17) is 0 Å². The first-order valence-corrected chi connectivity index (χ1v) is 9.31. The molecule has 1 N–H and O–H groups in total. The summed E-state index contributed by atoms with van der Waals surface area (Å²) in [5.41, 5.74) is 1.80. The summed E-state index contributed by atoms with van der Waals surface area (Å²) in [4.78, 5) is 27.1. The van der Waals surface area contributed by atoms with Gasteiger partial charge in [-0.2, -0.15) is 0 Å². The van der Waals surface area contributed by atoms with E-state index in [1.807, 2.05) is 12.1 Å². The highest BCUT2D eigenvalue weighted by Crippen LogP contribution is 2.34. The second-order valence-corrected chi connectivity index (χ2v) is 7.03. The van der Waals surface area contributed by atoms with Crippen molar-refractivity contribution in [2.24, 2.45) is 0 Å². The molecule has 7 heteroatoms. The van der Waals surface area contributed by atoms with E-state index in [0.29, 0.717) is 23.7 Å². The monoisotopic (exact) mass is 410 g/mol. The number of rotatable bonds is 5. The highest BCUT2D eigenvalue weighted by atomic mass is 19.1. The molecule has 4 rings (SSSR count). The molecule has 3 aromatic carbocycles. The first-order valence-electron chi connectivity index (χ1n) is 9.31. The third-order valence-electron chi connectivity index (χ3n) is 5.06. The molecule has 0 radical (unpaired) electrons. The molecular formula is C23H17F3N2O2. The smallest absolute Gasteiger partial charge is 0.255 e. The molecule has 4 nitrogen and oxygen atoms in total. The number of nitrogens with one attached hydrogen (secondary N) is 1. The van der Waals surface area contributed by atoms with Crippen LogP contribution in [0.2, 0.25) is 0 Å². The van der Waals surface area contributed by atoms with Crippen molar-refractivity contribution in [2.45, 2.75) is 19.0 Å². The molecule has 152 valence electrons. The highest BCUT2D eigenvalue weighted by molar-refractivity contribution is 5.99. The molecule has 1 aliphatic heterocycles. The molecule has 0 aliphatic carbocycles. The first-order chi connectivity index (χ1) is 14.4. The average molecular weight is 410 g/mol. The van der Waals surface area contributed by atoms with Crippen molar-refractivity contribution in [1.82, 2.24) is 4.90 Å². The number of carbonyl (C=O) groups is 2. The summed E-state index contributed by atoms with van der Waals surface area (Å²) < 4.78 is 40.4. The van der Waals surface area contributed by atoms with Crippen molar-refractivity contribution >= 4 is 17.5 Å². The summed E-state index contributed by atoms with van der Waals surface area (Å²) in [6.45, 7) is 0.301. The van der Waals surface area contributed by atoms with Gasteiger partial charge in [0.25, 0.3) is 5.91 Å². The Bertz CT molecular complexity index is 1120. The van der Waals surface area contributed by atoms with Crippen LogP contribution >= 0.6 is 0 Å². The van der Waals surface area contributed by atoms with Crippen LogP contribution in [0.5, 0.6) is 0 Å². The molecule has 1 atom stereocenters. The van der Waals surface area contributed by atoms with Crippen LogP contribution in [0.1, 0.15) is 33.9 Å². The van der Waals surface area contributed by atoms with Gasteiger partial charge in [0.05, 0.1) is 18.2 Å². The molecule has 0 saturated heterocycles. The zero-order valence-corrected chi connectivity index (χ0v) is 15.7. The third kappa shape index (κ3) is 3.91. The number of benzene rings is 3. The van der Waals surface area contributed by atoms with Gasteiger partial charge in [-0.25, -0.2) is 13.2 Å². The molecule has 0 fully saturated rings. The van der Waals surface area contributed by atoms with E-state index in [9.17, 15) is 22.8 Å². The molecule has 0 spiro atoms. The Balaban J connectivity index is 1.61. The van der Waals surface area contributed by atoms with Crippen molar-refractivity contribution in [2.75, 3.05) is 5.32 Å². The largest absolute Gasteiger partial charge is 0.327 e. The lowest BCUT2D eigenvalue weighted by molar-refractivity contribution is -0.117. The lowest BCUT2D eigenvalue weighted by Crippen LogP contribution is -2.32. The van der Waals surface area contributed by atoms with Crippen LogP contribution in [0.3, 0.4) is 0 Å². The molecular weight excluding hydrogens is 393 g/mol. The summed E-state index contributed by atoms with van der Waals surface area (Å²) in [5, 5.41) is 2.42. The number of halogens is 3. The number of hydrogen-bond donors (Lipinski definition) is 1. The summed E-state index contributed by atoms with van der Waals surface area (Å²) in [5.74, 6) is -2.88. The van der Waals surface area contributed by atoms with Crippen LogP contribution in [-0.4, -0.2) is 16.7 Å². The minimum Gasteiger partial charge on any atom is -0.327 e.